The summed E-state index contributed by atoms with van der Waals surface area (Å²) in [5.74, 6) is -0.306. The van der Waals surface area contributed by atoms with E-state index in [4.69, 9.17) is 4.42 Å². The fourth-order valence-electron chi connectivity index (χ4n) is 2.31. The molecule has 0 radical (unpaired) electrons. The lowest BCUT2D eigenvalue weighted by Crippen LogP contribution is -2.53. The van der Waals surface area contributed by atoms with Crippen LogP contribution in [0.4, 0.5) is 4.79 Å². The molecule has 0 aromatic carbocycles. The molecule has 0 spiro atoms. The number of hydrogen-bond acceptors (Lipinski definition) is 5. The number of piperazine rings is 1. The lowest BCUT2D eigenvalue weighted by atomic mass is 10.3. The van der Waals surface area contributed by atoms with Gasteiger partial charge in [-0.05, 0) is 23.6 Å². The van der Waals surface area contributed by atoms with Crippen molar-refractivity contribution in [3.05, 3.63) is 46.5 Å². The van der Waals surface area contributed by atoms with Crippen molar-refractivity contribution >= 4 is 29.2 Å². The molecule has 4 amide bonds. The average Bonchev–Trinajstić information content (AvgIpc) is 3.27. The van der Waals surface area contributed by atoms with Gasteiger partial charge in [-0.25, -0.2) is 4.79 Å². The van der Waals surface area contributed by atoms with Crippen LogP contribution in [0.1, 0.15) is 20.2 Å². The van der Waals surface area contributed by atoms with Crippen LogP contribution in [0.3, 0.4) is 0 Å². The van der Waals surface area contributed by atoms with Gasteiger partial charge in [0, 0.05) is 26.2 Å². The number of hydrogen-bond donors (Lipinski definition) is 1. The third kappa shape index (κ3) is 3.42. The molecule has 0 bridgehead atoms. The Labute approximate surface area is 136 Å². The van der Waals surface area contributed by atoms with Crippen molar-refractivity contribution in [2.75, 3.05) is 26.2 Å². The molecular formula is C15H15N3O4S. The number of imide groups is 1. The van der Waals surface area contributed by atoms with Gasteiger partial charge in [0.05, 0.1) is 11.1 Å². The van der Waals surface area contributed by atoms with E-state index in [-0.39, 0.29) is 11.7 Å². The van der Waals surface area contributed by atoms with Gasteiger partial charge in [-0.15, -0.1) is 11.3 Å². The second kappa shape index (κ2) is 6.66. The maximum atomic E-state index is 12.1. The van der Waals surface area contributed by atoms with E-state index in [1.807, 2.05) is 0 Å². The predicted octanol–water partition coefficient (Wildman–Crippen LogP) is 1.65. The number of carbonyl (C=O) groups is 3. The van der Waals surface area contributed by atoms with Crippen molar-refractivity contribution in [1.82, 2.24) is 15.1 Å². The molecule has 0 unspecified atom stereocenters. The number of carbonyl (C=O) groups excluding carboxylic acids is 3. The Morgan fingerprint density at radius 2 is 1.78 bits per heavy atom. The minimum atomic E-state index is -0.437. The molecule has 8 heteroatoms. The lowest BCUT2D eigenvalue weighted by Gasteiger charge is -2.34. The molecule has 7 nitrogen and oxygen atoms in total. The molecule has 0 saturated carbocycles. The molecule has 1 aliphatic rings. The highest BCUT2D eigenvalue weighted by atomic mass is 32.1. The van der Waals surface area contributed by atoms with Crippen LogP contribution in [0, 0.1) is 0 Å². The highest BCUT2D eigenvalue weighted by Gasteiger charge is 2.26. The molecule has 1 aliphatic heterocycles. The minimum absolute atomic E-state index is 0.190. The summed E-state index contributed by atoms with van der Waals surface area (Å²) in [5, 5.41) is 4.14. The first-order valence-corrected chi connectivity index (χ1v) is 7.99. The predicted molar refractivity (Wildman–Crippen MR) is 83.4 cm³/mol. The average molecular weight is 333 g/mol. The Morgan fingerprint density at radius 3 is 2.39 bits per heavy atom. The second-order valence-corrected chi connectivity index (χ2v) is 5.94. The largest absolute Gasteiger partial charge is 0.459 e. The van der Waals surface area contributed by atoms with Gasteiger partial charge in [0.15, 0.2) is 5.76 Å². The summed E-state index contributed by atoms with van der Waals surface area (Å²) in [7, 11) is 0. The number of thiophene rings is 1. The second-order valence-electron chi connectivity index (χ2n) is 4.99. The summed E-state index contributed by atoms with van der Waals surface area (Å²) in [5.41, 5.74) is 0. The Bertz CT molecular complexity index is 688. The van der Waals surface area contributed by atoms with E-state index in [9.17, 15) is 14.4 Å². The van der Waals surface area contributed by atoms with Gasteiger partial charge >= 0.3 is 6.03 Å². The molecule has 1 saturated heterocycles. The highest BCUT2D eigenvalue weighted by Crippen LogP contribution is 2.11. The zero-order valence-electron chi connectivity index (χ0n) is 12.2. The van der Waals surface area contributed by atoms with Gasteiger partial charge in [-0.3, -0.25) is 14.9 Å². The minimum Gasteiger partial charge on any atom is -0.459 e. The first-order chi connectivity index (χ1) is 11.1. The van der Waals surface area contributed by atoms with Gasteiger partial charge in [0.25, 0.3) is 11.8 Å². The summed E-state index contributed by atoms with van der Waals surface area (Å²) >= 11 is 1.28. The molecule has 1 N–H and O–H groups in total. The van der Waals surface area contributed by atoms with Crippen molar-refractivity contribution in [2.45, 2.75) is 0 Å². The summed E-state index contributed by atoms with van der Waals surface area (Å²) in [6.07, 6.45) is 1.45. The van der Waals surface area contributed by atoms with E-state index in [1.54, 1.807) is 34.5 Å². The van der Waals surface area contributed by atoms with Crippen LogP contribution < -0.4 is 5.32 Å². The van der Waals surface area contributed by atoms with E-state index in [1.165, 1.54) is 22.5 Å². The number of amides is 4. The van der Waals surface area contributed by atoms with Crippen LogP contribution in [0.5, 0.6) is 0 Å². The number of rotatable bonds is 2. The smallest absolute Gasteiger partial charge is 0.324 e. The molecular weight excluding hydrogens is 318 g/mol. The highest BCUT2D eigenvalue weighted by molar-refractivity contribution is 7.12. The third-order valence-corrected chi connectivity index (χ3v) is 4.42. The summed E-state index contributed by atoms with van der Waals surface area (Å²) < 4.78 is 5.09. The maximum absolute atomic E-state index is 12.1. The van der Waals surface area contributed by atoms with Gasteiger partial charge < -0.3 is 14.2 Å². The van der Waals surface area contributed by atoms with Crippen molar-refractivity contribution in [3.63, 3.8) is 0 Å². The maximum Gasteiger partial charge on any atom is 0.324 e. The van der Waals surface area contributed by atoms with E-state index < -0.39 is 11.9 Å². The molecule has 3 rings (SSSR count). The fraction of sp³-hybridized carbons (Fsp3) is 0.267. The van der Waals surface area contributed by atoms with Crippen molar-refractivity contribution in [3.8, 4) is 0 Å². The number of nitrogens with zero attached hydrogens (tertiary/aromatic N) is 2. The van der Waals surface area contributed by atoms with Gasteiger partial charge in [-0.1, -0.05) is 6.07 Å². The molecule has 0 aliphatic carbocycles. The monoisotopic (exact) mass is 333 g/mol. The van der Waals surface area contributed by atoms with Gasteiger partial charge in [-0.2, -0.15) is 0 Å². The zero-order chi connectivity index (χ0) is 16.2. The molecule has 3 heterocycles. The summed E-state index contributed by atoms with van der Waals surface area (Å²) in [6, 6.07) is 6.25. The van der Waals surface area contributed by atoms with E-state index >= 15 is 0 Å². The van der Waals surface area contributed by atoms with Gasteiger partial charge in [0.2, 0.25) is 0 Å². The first kappa shape index (κ1) is 15.3. The normalized spacial score (nSPS) is 14.6. The van der Waals surface area contributed by atoms with Crippen LogP contribution in [-0.4, -0.2) is 53.8 Å². The van der Waals surface area contributed by atoms with Crippen molar-refractivity contribution in [2.24, 2.45) is 0 Å². The standard InChI is InChI=1S/C15H15N3O4S/c19-13(12-4-2-10-23-12)16-15(21)18-7-5-17(6-8-18)14(20)11-3-1-9-22-11/h1-4,9-10H,5-8H2,(H,16,19,21). The summed E-state index contributed by atoms with van der Waals surface area (Å²) in [6.45, 7) is 1.55. The van der Waals surface area contributed by atoms with E-state index in [0.29, 0.717) is 31.1 Å². The Kier molecular flexibility index (Phi) is 4.42. The van der Waals surface area contributed by atoms with E-state index in [0.717, 1.165) is 0 Å². The topological polar surface area (TPSA) is 82.9 Å². The molecule has 1 fully saturated rings. The van der Waals surface area contributed by atoms with E-state index in [2.05, 4.69) is 5.32 Å². The fourth-order valence-corrected chi connectivity index (χ4v) is 2.93. The van der Waals surface area contributed by atoms with Crippen molar-refractivity contribution < 1.29 is 18.8 Å². The molecule has 0 atom stereocenters. The molecule has 2 aromatic rings. The lowest BCUT2D eigenvalue weighted by molar-refractivity contribution is 0.0629. The Balaban J connectivity index is 1.51. The number of nitrogens with one attached hydrogen (secondary N) is 1. The molecule has 23 heavy (non-hydrogen) atoms. The van der Waals surface area contributed by atoms with Crippen LogP contribution in [0.15, 0.2) is 40.3 Å². The Hall–Kier alpha value is -2.61. The van der Waals surface area contributed by atoms with Crippen LogP contribution >= 0.6 is 11.3 Å². The van der Waals surface area contributed by atoms with Crippen LogP contribution in [0.25, 0.3) is 0 Å². The first-order valence-electron chi connectivity index (χ1n) is 7.11. The third-order valence-electron chi connectivity index (χ3n) is 3.55. The number of furan rings is 1. The SMILES string of the molecule is O=C(NC(=O)N1CCN(C(=O)c2ccco2)CC1)c1cccs1. The van der Waals surface area contributed by atoms with Crippen molar-refractivity contribution in [1.29, 1.82) is 0 Å². The quantitative estimate of drug-likeness (QED) is 0.906. The van der Waals surface area contributed by atoms with Gasteiger partial charge in [0.1, 0.15) is 0 Å². The Morgan fingerprint density at radius 1 is 1.04 bits per heavy atom. The van der Waals surface area contributed by atoms with Crippen LogP contribution in [0.2, 0.25) is 0 Å². The van der Waals surface area contributed by atoms with Crippen LogP contribution in [-0.2, 0) is 0 Å². The molecule has 2 aromatic heterocycles. The summed E-state index contributed by atoms with van der Waals surface area (Å²) in [4.78, 5) is 39.7. The molecule has 120 valence electrons. The number of urea groups is 1. The zero-order valence-corrected chi connectivity index (χ0v) is 13.0.